The first kappa shape index (κ1) is 146. The van der Waals surface area contributed by atoms with Gasteiger partial charge in [0, 0.05) is 40.0 Å². The zero-order chi connectivity index (χ0) is 102. The molecule has 36 heteroatoms. The Bertz CT molecular complexity index is 3030. The number of carbonyl (C=O) groups is 6. The molecule has 9 unspecified atom stereocenters. The summed E-state index contributed by atoms with van der Waals surface area (Å²) in [5, 5.41) is 0. The summed E-state index contributed by atoms with van der Waals surface area (Å²) < 4.78 is 132. The van der Waals surface area contributed by atoms with Gasteiger partial charge in [-0.3, -0.25) is 42.5 Å². The Hall–Kier alpha value is -0.0900. The Morgan fingerprint density at radius 3 is 0.592 bits per heavy atom. The maximum atomic E-state index is 12.4. The van der Waals surface area contributed by atoms with Crippen molar-refractivity contribution in [1.29, 1.82) is 0 Å². The topological polar surface area (TPSA) is 389 Å². The van der Waals surface area contributed by atoms with Gasteiger partial charge in [0.1, 0.15) is 38.1 Å². The number of esters is 6. The molecule has 3 saturated heterocycles. The summed E-state index contributed by atoms with van der Waals surface area (Å²) in [6.07, 6.45) is 75.1. The molecule has 0 spiro atoms. The van der Waals surface area contributed by atoms with Crippen molar-refractivity contribution < 1.29 is 230 Å². The van der Waals surface area contributed by atoms with Crippen LogP contribution >= 0.6 is 23.5 Å². The van der Waals surface area contributed by atoms with Crippen LogP contribution in [0.3, 0.4) is 0 Å². The predicted molar refractivity (Wildman–Crippen MR) is 539 cm³/mol. The molecule has 3 heterocycles. The second kappa shape index (κ2) is 104. The summed E-state index contributed by atoms with van der Waals surface area (Å²) in [7, 11) is -14.2. The van der Waals surface area contributed by atoms with Crippen LogP contribution in [0.4, 0.5) is 0 Å². The summed E-state index contributed by atoms with van der Waals surface area (Å²) in [4.78, 5) is 108. The molecule has 0 amide bonds. The van der Waals surface area contributed by atoms with Crippen LogP contribution in [0.25, 0.3) is 0 Å². The minimum absolute atomic E-state index is 0. The van der Waals surface area contributed by atoms with E-state index in [1.54, 1.807) is 0 Å². The summed E-state index contributed by atoms with van der Waals surface area (Å²) in [5.74, 6) is -3.16. The van der Waals surface area contributed by atoms with Gasteiger partial charge >= 0.3 is 124 Å². The molecule has 0 radical (unpaired) electrons. The molecule has 12 atom stereocenters. The van der Waals surface area contributed by atoms with Crippen molar-refractivity contribution >= 4 is 59.3 Å². The number of carbonyl (C=O) groups excluding carboxylic acids is 6. The van der Waals surface area contributed by atoms with Crippen LogP contribution in [0.5, 0.6) is 0 Å². The number of hydrogen-bond donors (Lipinski definition) is 0. The zero-order valence-corrected chi connectivity index (χ0v) is 100. The van der Waals surface area contributed by atoms with E-state index in [0.717, 1.165) is 122 Å². The van der Waals surface area contributed by atoms with E-state index in [9.17, 15) is 57.1 Å². The molecular weight excluding hydrogens is 1920 g/mol. The number of ether oxygens (including phenoxy) is 12. The largest absolute Gasteiger partial charge is 1.00 e. The third kappa shape index (κ3) is 98.1. The van der Waals surface area contributed by atoms with E-state index in [4.69, 9.17) is 84.0 Å². The van der Waals surface area contributed by atoms with Gasteiger partial charge in [-0.05, 0) is 57.8 Å². The second-order valence-electron chi connectivity index (χ2n) is 38.5. The fraction of sp³-hybridized carbons (Fsp3) is 0.943. The van der Waals surface area contributed by atoms with Gasteiger partial charge in [0.15, 0.2) is 37.2 Å². The van der Waals surface area contributed by atoms with Gasteiger partial charge in [-0.1, -0.05) is 414 Å². The van der Waals surface area contributed by atoms with Gasteiger partial charge in [0.2, 0.25) is 0 Å². The van der Waals surface area contributed by atoms with Crippen molar-refractivity contribution in [3.05, 3.63) is 0 Å². The van der Waals surface area contributed by atoms with Crippen LogP contribution in [0.15, 0.2) is 0 Å². The van der Waals surface area contributed by atoms with E-state index < -0.39 is 116 Å². The van der Waals surface area contributed by atoms with Crippen molar-refractivity contribution in [3.63, 3.8) is 0 Å². The molecular formula is C106H200Na3O30P3. The number of unbranched alkanes of at least 4 members (excludes halogenated alkanes) is 58. The molecule has 0 aromatic heterocycles. The Kier molecular flexibility index (Phi) is 107. The van der Waals surface area contributed by atoms with Crippen LogP contribution in [-0.4, -0.2) is 171 Å². The maximum absolute atomic E-state index is 12.4. The molecule has 0 aliphatic carbocycles. The number of hydrogen-bond acceptors (Lipinski definition) is 30. The van der Waals surface area contributed by atoms with Gasteiger partial charge < -0.3 is 98.7 Å². The zero-order valence-electron chi connectivity index (χ0n) is 91.8. The average molecular weight is 2120 g/mol. The number of phosphoric acid groups is 3. The van der Waals surface area contributed by atoms with Crippen LogP contribution in [0, 0.1) is 0 Å². The van der Waals surface area contributed by atoms with Crippen molar-refractivity contribution in [3.8, 4) is 0 Å². The fourth-order valence-corrected chi connectivity index (χ4v) is 18.8. The SMILES string of the molecule is CCCCCCCCCCCCCC(=O)O[C@H](COC(C)=O)COP(=O)([O-])OCC1COC(CCCCC)O1.CCCCCCCCCCCCCCCC1OCC(COP(=O)([O-])OC[C@@H](COC(C)=O)OC(=O)CCCCCCCCCCCCC)O1.CCCCCCCCCCCCCCCCCC1OCC(COP(=O)([O-])OC[C@@H](COC(C)=O)OC(=O)CCCCCCCCCCCCC)O1.[Na+].[Na+].[Na+]. The standard InChI is InChI=1S/C40H77O10P.C38H73O10P.C28H53O10P.3Na/c1-4-6-8-10-12-14-16-17-18-19-21-23-25-27-29-31-40-46-33-38(50-40)35-48-51(43,44)47-34-37(32-45-36(3)41)49-39(42)30-28-26-24-22-20-15-13-11-9-7-5-2;1-4-6-8-10-12-14-16-17-19-21-23-25-27-29-38-44-31-36(48-38)33-46-49(41,42)45-32-35(30-43-34(3)39)47-37(40)28-26-24-22-20-18-15-13-11-9-7-5-2;1-4-6-8-9-10-11-12-13-14-15-17-18-27(30)37-25(20-33-24(3)29)22-35-39(31,32)36-23-26-21-34-28(38-26)19-16-7-5-2;;;/h37-38,40H,4-35H2,1-3H3,(H,43,44);35-36,38H,4-33H2,1-3H3,(H,41,42);25-26,28H,4-23H2,1-3H3,(H,31,32);;;/q;;;3*+1/p-3/t37-,38?,40?;35-,36?,38?;25-,26?,28?;;;/m111.../s1. The molecule has 3 aliphatic rings. The second-order valence-corrected chi connectivity index (χ2v) is 42.8. The van der Waals surface area contributed by atoms with Crippen LogP contribution in [0.1, 0.15) is 512 Å². The van der Waals surface area contributed by atoms with Crippen molar-refractivity contribution in [2.75, 3.05) is 79.3 Å². The first-order valence-corrected chi connectivity index (χ1v) is 60.2. The van der Waals surface area contributed by atoms with E-state index in [-0.39, 0.29) is 186 Å². The summed E-state index contributed by atoms with van der Waals surface area (Å²) in [6, 6.07) is 0. The smallest absolute Gasteiger partial charge is 0.756 e. The molecule has 142 heavy (non-hydrogen) atoms. The molecule has 3 aliphatic heterocycles. The number of phosphoric ester groups is 3. The van der Waals surface area contributed by atoms with Crippen LogP contribution in [-0.2, 0) is 126 Å². The Labute approximate surface area is 927 Å². The van der Waals surface area contributed by atoms with Crippen molar-refractivity contribution in [1.82, 2.24) is 0 Å². The molecule has 0 aromatic rings. The Morgan fingerprint density at radius 2 is 0.408 bits per heavy atom. The van der Waals surface area contributed by atoms with Crippen molar-refractivity contribution in [2.45, 2.75) is 567 Å². The minimum atomic E-state index is -4.73. The molecule has 0 aromatic carbocycles. The average Bonchev–Trinajstić information content (AvgIpc) is 1.11. The van der Waals surface area contributed by atoms with Gasteiger partial charge in [-0.15, -0.1) is 0 Å². The first-order valence-electron chi connectivity index (χ1n) is 55.9. The van der Waals surface area contributed by atoms with Crippen LogP contribution in [0.2, 0.25) is 0 Å². The quantitative estimate of drug-likeness (QED) is 0.0179. The van der Waals surface area contributed by atoms with Gasteiger partial charge in [0.05, 0.1) is 59.5 Å². The van der Waals surface area contributed by atoms with Crippen molar-refractivity contribution in [2.24, 2.45) is 0 Å². The Morgan fingerprint density at radius 1 is 0.246 bits per heavy atom. The molecule has 0 bridgehead atoms. The predicted octanol–water partition coefficient (Wildman–Crippen LogP) is 17.6. The van der Waals surface area contributed by atoms with E-state index >= 15 is 0 Å². The first-order chi connectivity index (χ1) is 67.3. The number of rotatable bonds is 97. The van der Waals surface area contributed by atoms with E-state index in [2.05, 4.69) is 41.5 Å². The third-order valence-corrected chi connectivity index (χ3v) is 27.6. The fourth-order valence-electron chi connectivity index (χ4n) is 16.5. The van der Waals surface area contributed by atoms with Crippen LogP contribution < -0.4 is 103 Å². The van der Waals surface area contributed by atoms with E-state index in [1.807, 2.05) is 0 Å². The summed E-state index contributed by atoms with van der Waals surface area (Å²) in [6.45, 7) is 14.5. The summed E-state index contributed by atoms with van der Waals surface area (Å²) >= 11 is 0. The molecule has 0 N–H and O–H groups in total. The molecule has 30 nitrogen and oxygen atoms in total. The molecule has 0 saturated carbocycles. The van der Waals surface area contributed by atoms with E-state index in [0.29, 0.717) is 19.3 Å². The van der Waals surface area contributed by atoms with Gasteiger partial charge in [-0.25, -0.2) is 0 Å². The normalized spacial score (nSPS) is 17.9. The minimum Gasteiger partial charge on any atom is -0.756 e. The van der Waals surface area contributed by atoms with E-state index in [1.165, 1.54) is 310 Å². The van der Waals surface area contributed by atoms with Gasteiger partial charge in [-0.2, -0.15) is 0 Å². The maximum Gasteiger partial charge on any atom is 1.00 e. The summed E-state index contributed by atoms with van der Waals surface area (Å²) in [5.41, 5.74) is 0. The Balaban J connectivity index is -0.00000204. The third-order valence-electron chi connectivity index (χ3n) is 24.8. The molecule has 822 valence electrons. The van der Waals surface area contributed by atoms with Gasteiger partial charge in [0.25, 0.3) is 23.5 Å². The monoisotopic (exact) mass is 2120 g/mol. The molecule has 3 fully saturated rings. The molecule has 3 rings (SSSR count).